The maximum absolute atomic E-state index is 11.7. The van der Waals surface area contributed by atoms with Gasteiger partial charge in [-0.3, -0.25) is 0 Å². The average molecular weight is 597 g/mol. The van der Waals surface area contributed by atoms with Crippen molar-refractivity contribution in [3.05, 3.63) is 11.6 Å². The monoisotopic (exact) mass is 596 g/mol. The molecule has 0 aromatic carbocycles. The van der Waals surface area contributed by atoms with Crippen LogP contribution in [0.1, 0.15) is 162 Å². The SMILES string of the molecule is CCCCCCCCCCCCCC[C@H](O)[C@@H](O)CC[C@@H](O)[C@H]1CC[C@H](CCCCC[C@H](O)CC2=C[C@@H](C)OC2=O)O1. The lowest BCUT2D eigenvalue weighted by atomic mass is 9.97. The molecule has 2 aliphatic heterocycles. The van der Waals surface area contributed by atoms with E-state index in [0.29, 0.717) is 37.7 Å². The molecule has 7 atom stereocenters. The van der Waals surface area contributed by atoms with Gasteiger partial charge < -0.3 is 29.9 Å². The van der Waals surface area contributed by atoms with Crippen molar-refractivity contribution < 1.29 is 34.7 Å². The van der Waals surface area contributed by atoms with E-state index in [1.807, 2.05) is 6.92 Å². The van der Waals surface area contributed by atoms with E-state index in [1.165, 1.54) is 64.2 Å². The number of carbonyl (C=O) groups is 1. The summed E-state index contributed by atoms with van der Waals surface area (Å²) in [6, 6.07) is 0. The molecule has 2 heterocycles. The highest BCUT2D eigenvalue weighted by Crippen LogP contribution is 2.28. The number of aliphatic hydroxyl groups excluding tert-OH is 4. The second-order valence-corrected chi connectivity index (χ2v) is 13.1. The zero-order chi connectivity index (χ0) is 30.6. The van der Waals surface area contributed by atoms with E-state index in [-0.39, 0.29) is 24.3 Å². The molecule has 0 spiro atoms. The Morgan fingerprint density at radius 2 is 1.31 bits per heavy atom. The van der Waals surface area contributed by atoms with Crippen LogP contribution in [-0.4, -0.2) is 69.1 Å². The molecule has 42 heavy (non-hydrogen) atoms. The topological polar surface area (TPSA) is 116 Å². The van der Waals surface area contributed by atoms with Crippen molar-refractivity contribution in [1.82, 2.24) is 0 Å². The molecule has 2 aliphatic rings. The summed E-state index contributed by atoms with van der Waals surface area (Å²) >= 11 is 0. The Labute approximate surface area is 256 Å². The first-order valence-corrected chi connectivity index (χ1v) is 17.6. The van der Waals surface area contributed by atoms with Crippen molar-refractivity contribution in [2.45, 2.75) is 204 Å². The number of ether oxygens (including phenoxy) is 2. The van der Waals surface area contributed by atoms with Gasteiger partial charge in [-0.2, -0.15) is 0 Å². The van der Waals surface area contributed by atoms with Gasteiger partial charge >= 0.3 is 5.97 Å². The highest BCUT2D eigenvalue weighted by Gasteiger charge is 2.31. The fraction of sp³-hybridized carbons (Fsp3) is 0.914. The molecule has 2 rings (SSSR count). The van der Waals surface area contributed by atoms with Gasteiger partial charge in [0.25, 0.3) is 0 Å². The standard InChI is InChI=1S/C35H64O7/c1-3-4-5-6-7-8-9-10-11-12-13-17-20-31(37)32(38)22-23-33(39)34-24-21-30(42-34)19-16-14-15-18-29(36)26-28-25-27(2)41-35(28)40/h25,27,29-34,36-39H,3-24,26H2,1-2H3/t27-,29+,30+,31+,32+,33-,34-/m1/s1. The van der Waals surface area contributed by atoms with Gasteiger partial charge in [0.15, 0.2) is 0 Å². The minimum atomic E-state index is -0.793. The van der Waals surface area contributed by atoms with Crippen LogP contribution in [-0.2, 0) is 14.3 Å². The number of aliphatic hydroxyl groups is 4. The van der Waals surface area contributed by atoms with Gasteiger partial charge in [0.2, 0.25) is 0 Å². The first-order valence-electron chi connectivity index (χ1n) is 17.6. The number of unbranched alkanes of at least 4 members (excludes halogenated alkanes) is 13. The molecule has 0 aliphatic carbocycles. The summed E-state index contributed by atoms with van der Waals surface area (Å²) in [5.74, 6) is -0.308. The van der Waals surface area contributed by atoms with E-state index in [0.717, 1.165) is 51.4 Å². The maximum Gasteiger partial charge on any atom is 0.334 e. The minimum absolute atomic E-state index is 0.149. The van der Waals surface area contributed by atoms with E-state index < -0.39 is 24.4 Å². The molecule has 0 radical (unpaired) electrons. The maximum atomic E-state index is 11.7. The summed E-state index contributed by atoms with van der Waals surface area (Å²) in [7, 11) is 0. The van der Waals surface area contributed by atoms with Crippen molar-refractivity contribution in [3.8, 4) is 0 Å². The molecule has 0 saturated carbocycles. The van der Waals surface area contributed by atoms with Crippen LogP contribution < -0.4 is 0 Å². The first-order chi connectivity index (χ1) is 20.3. The third kappa shape index (κ3) is 16.2. The van der Waals surface area contributed by atoms with Gasteiger partial charge in [-0.05, 0) is 57.9 Å². The Bertz CT molecular complexity index is 726. The van der Waals surface area contributed by atoms with Gasteiger partial charge in [0.05, 0.1) is 36.6 Å². The molecule has 0 aromatic rings. The molecule has 1 fully saturated rings. The molecule has 7 nitrogen and oxygen atoms in total. The summed E-state index contributed by atoms with van der Waals surface area (Å²) in [6.45, 7) is 4.08. The molecular weight excluding hydrogens is 532 g/mol. The lowest BCUT2D eigenvalue weighted by molar-refractivity contribution is -0.139. The van der Waals surface area contributed by atoms with Crippen molar-refractivity contribution in [3.63, 3.8) is 0 Å². The summed E-state index contributed by atoms with van der Waals surface area (Å²) in [5.41, 5.74) is 0.584. The van der Waals surface area contributed by atoms with Crippen LogP contribution in [0.2, 0.25) is 0 Å². The third-order valence-electron chi connectivity index (χ3n) is 9.14. The third-order valence-corrected chi connectivity index (χ3v) is 9.14. The fourth-order valence-corrected chi connectivity index (χ4v) is 6.40. The smallest absolute Gasteiger partial charge is 0.334 e. The molecule has 1 saturated heterocycles. The van der Waals surface area contributed by atoms with E-state index in [4.69, 9.17) is 9.47 Å². The van der Waals surface area contributed by atoms with Crippen molar-refractivity contribution in [1.29, 1.82) is 0 Å². The number of hydrogen-bond donors (Lipinski definition) is 4. The number of esters is 1. The van der Waals surface area contributed by atoms with Crippen LogP contribution in [0.15, 0.2) is 11.6 Å². The molecule has 0 aromatic heterocycles. The van der Waals surface area contributed by atoms with Crippen molar-refractivity contribution >= 4 is 5.97 Å². The Morgan fingerprint density at radius 3 is 1.93 bits per heavy atom. The van der Waals surface area contributed by atoms with Gasteiger partial charge in [-0.15, -0.1) is 0 Å². The van der Waals surface area contributed by atoms with E-state index in [1.54, 1.807) is 6.08 Å². The Hall–Kier alpha value is -0.990. The Morgan fingerprint density at radius 1 is 0.738 bits per heavy atom. The zero-order valence-corrected chi connectivity index (χ0v) is 26.9. The minimum Gasteiger partial charge on any atom is -0.455 e. The molecule has 246 valence electrons. The first kappa shape index (κ1) is 37.2. The second kappa shape index (κ2) is 22.5. The van der Waals surface area contributed by atoms with E-state index in [2.05, 4.69) is 6.92 Å². The van der Waals surface area contributed by atoms with Crippen molar-refractivity contribution in [2.75, 3.05) is 0 Å². The number of rotatable bonds is 26. The summed E-state index contributed by atoms with van der Waals surface area (Å²) < 4.78 is 11.2. The molecule has 0 unspecified atom stereocenters. The van der Waals surface area contributed by atoms with Crippen molar-refractivity contribution in [2.24, 2.45) is 0 Å². The molecule has 7 heteroatoms. The zero-order valence-electron chi connectivity index (χ0n) is 26.9. The molecule has 0 amide bonds. The predicted octanol–water partition coefficient (Wildman–Crippen LogP) is 7.06. The molecule has 0 bridgehead atoms. The quantitative estimate of drug-likeness (QED) is 0.0624. The number of cyclic esters (lactones) is 1. The van der Waals surface area contributed by atoms with Crippen LogP contribution in [0.5, 0.6) is 0 Å². The lowest BCUT2D eigenvalue weighted by Crippen LogP contribution is -2.31. The van der Waals surface area contributed by atoms with Crippen LogP contribution in [0.3, 0.4) is 0 Å². The van der Waals surface area contributed by atoms with Crippen LogP contribution in [0.4, 0.5) is 0 Å². The fourth-order valence-electron chi connectivity index (χ4n) is 6.40. The van der Waals surface area contributed by atoms with Gasteiger partial charge in [-0.25, -0.2) is 4.79 Å². The largest absolute Gasteiger partial charge is 0.455 e. The average Bonchev–Trinajstić information content (AvgIpc) is 3.57. The highest BCUT2D eigenvalue weighted by molar-refractivity contribution is 5.90. The van der Waals surface area contributed by atoms with E-state index >= 15 is 0 Å². The summed E-state index contributed by atoms with van der Waals surface area (Å²) in [6.07, 6.45) is 22.3. The van der Waals surface area contributed by atoms with Gasteiger partial charge in [0, 0.05) is 12.0 Å². The normalized spacial score (nSPS) is 23.5. The van der Waals surface area contributed by atoms with Crippen LogP contribution in [0.25, 0.3) is 0 Å². The summed E-state index contributed by atoms with van der Waals surface area (Å²) in [4.78, 5) is 11.7. The molecule has 4 N–H and O–H groups in total. The van der Waals surface area contributed by atoms with Crippen LogP contribution in [0, 0.1) is 0 Å². The van der Waals surface area contributed by atoms with Gasteiger partial charge in [-0.1, -0.05) is 103 Å². The van der Waals surface area contributed by atoms with E-state index in [9.17, 15) is 25.2 Å². The lowest BCUT2D eigenvalue weighted by Gasteiger charge is -2.22. The highest BCUT2D eigenvalue weighted by atomic mass is 16.5. The number of hydrogen-bond acceptors (Lipinski definition) is 7. The summed E-state index contributed by atoms with van der Waals surface area (Å²) in [5, 5.41) is 41.6. The van der Waals surface area contributed by atoms with Crippen LogP contribution >= 0.6 is 0 Å². The number of carbonyl (C=O) groups excluding carboxylic acids is 1. The Balaban J connectivity index is 1.43. The molecular formula is C35H64O7. The Kier molecular flexibility index (Phi) is 19.9. The second-order valence-electron chi connectivity index (χ2n) is 13.1. The predicted molar refractivity (Wildman–Crippen MR) is 168 cm³/mol. The van der Waals surface area contributed by atoms with Gasteiger partial charge in [0.1, 0.15) is 6.10 Å².